The Kier molecular flexibility index (Phi) is 11.5. The first-order chi connectivity index (χ1) is 17.8. The number of carbonyl (C=O) groups excluding carboxylic acids is 3. The Morgan fingerprint density at radius 1 is 1.08 bits per heavy atom. The van der Waals surface area contributed by atoms with Gasteiger partial charge in [-0.25, -0.2) is 0 Å². The van der Waals surface area contributed by atoms with Crippen molar-refractivity contribution < 1.29 is 32.7 Å². The molecule has 2 atom stereocenters. The predicted molar refractivity (Wildman–Crippen MR) is 136 cm³/mol. The highest BCUT2D eigenvalue weighted by Gasteiger charge is 2.30. The van der Waals surface area contributed by atoms with Crippen LogP contribution < -0.4 is 22.5 Å². The van der Waals surface area contributed by atoms with Gasteiger partial charge in [-0.05, 0) is 48.7 Å². The maximum atomic E-state index is 13.2. The number of carbonyl (C=O) groups is 3. The molecule has 9 nitrogen and oxygen atoms in total. The Balaban J connectivity index is 2.17. The Morgan fingerprint density at radius 3 is 2.32 bits per heavy atom. The van der Waals surface area contributed by atoms with Crippen LogP contribution in [0.25, 0.3) is 0 Å². The standard InChI is InChI=1S/C25H31ClF3N5O4/c26-18-5-7-21(35)16(12-18)13-22(36)20(11-15-1-3-17(4-2-15)25(27,28)29)33-24(38)19(32)6-8-23(37)34(14-31)10-9-30/h1-5,7,12,19-20,35H,6,8-11,13-14,30-32H2,(H,33,38)/t19-,20+/m0/s1. The zero-order valence-electron chi connectivity index (χ0n) is 20.5. The summed E-state index contributed by atoms with van der Waals surface area (Å²) in [4.78, 5) is 39.5. The molecule has 0 aliphatic carbocycles. The number of amides is 2. The molecule has 0 aromatic heterocycles. The second-order valence-corrected chi connectivity index (χ2v) is 9.09. The average Bonchev–Trinajstić information content (AvgIpc) is 2.87. The number of phenols is 1. The maximum Gasteiger partial charge on any atom is 0.416 e. The van der Waals surface area contributed by atoms with E-state index in [0.717, 1.165) is 12.1 Å². The monoisotopic (exact) mass is 557 g/mol. The number of hydrogen-bond acceptors (Lipinski definition) is 7. The van der Waals surface area contributed by atoms with Crippen LogP contribution in [0.5, 0.6) is 5.75 Å². The molecule has 0 radical (unpaired) electrons. The summed E-state index contributed by atoms with van der Waals surface area (Å²) in [5.74, 6) is -1.78. The Hall–Kier alpha value is -3.19. The van der Waals surface area contributed by atoms with E-state index in [2.05, 4.69) is 5.32 Å². The van der Waals surface area contributed by atoms with Crippen molar-refractivity contribution in [1.29, 1.82) is 0 Å². The van der Waals surface area contributed by atoms with Crippen LogP contribution in [-0.4, -0.2) is 59.4 Å². The molecule has 13 heteroatoms. The first-order valence-electron chi connectivity index (χ1n) is 11.8. The zero-order chi connectivity index (χ0) is 28.5. The normalized spacial score (nSPS) is 13.0. The lowest BCUT2D eigenvalue weighted by molar-refractivity contribution is -0.137. The van der Waals surface area contributed by atoms with Gasteiger partial charge in [0, 0.05) is 36.5 Å². The van der Waals surface area contributed by atoms with Crippen LogP contribution in [0.4, 0.5) is 13.2 Å². The smallest absolute Gasteiger partial charge is 0.416 e. The summed E-state index contributed by atoms with van der Waals surface area (Å²) in [6.45, 7) is 0.416. The molecule has 0 aliphatic rings. The van der Waals surface area contributed by atoms with Gasteiger partial charge in [0.25, 0.3) is 0 Å². The van der Waals surface area contributed by atoms with Crippen LogP contribution in [0.2, 0.25) is 5.02 Å². The van der Waals surface area contributed by atoms with Crippen molar-refractivity contribution in [2.24, 2.45) is 17.2 Å². The third kappa shape index (κ3) is 9.28. The van der Waals surface area contributed by atoms with E-state index in [4.69, 9.17) is 28.8 Å². The molecule has 2 aromatic rings. The fourth-order valence-corrected chi connectivity index (χ4v) is 3.83. The van der Waals surface area contributed by atoms with Crippen LogP contribution >= 0.6 is 11.6 Å². The molecule has 2 aromatic carbocycles. The third-order valence-corrected chi connectivity index (χ3v) is 6.05. The number of halogens is 4. The van der Waals surface area contributed by atoms with Crippen LogP contribution in [0.1, 0.15) is 29.5 Å². The summed E-state index contributed by atoms with van der Waals surface area (Å²) in [6, 6.07) is 5.99. The fraction of sp³-hybridized carbons (Fsp3) is 0.400. The van der Waals surface area contributed by atoms with Gasteiger partial charge in [-0.3, -0.25) is 14.4 Å². The van der Waals surface area contributed by atoms with Gasteiger partial charge in [0.05, 0.1) is 24.3 Å². The molecule has 0 spiro atoms. The summed E-state index contributed by atoms with van der Waals surface area (Å²) in [5, 5.41) is 12.9. The molecule has 0 saturated carbocycles. The lowest BCUT2D eigenvalue weighted by Crippen LogP contribution is -2.50. The zero-order valence-corrected chi connectivity index (χ0v) is 21.3. The number of phenolic OH excluding ortho intramolecular Hbond substituents is 1. The number of ketones is 1. The van der Waals surface area contributed by atoms with Gasteiger partial charge in [0.2, 0.25) is 11.8 Å². The second kappa shape index (κ2) is 14.1. The molecule has 2 amide bonds. The van der Waals surface area contributed by atoms with Crippen molar-refractivity contribution in [3.05, 3.63) is 64.2 Å². The van der Waals surface area contributed by atoms with Crippen molar-refractivity contribution in [1.82, 2.24) is 10.2 Å². The fourth-order valence-electron chi connectivity index (χ4n) is 3.64. The number of nitrogens with zero attached hydrogens (tertiary/aromatic N) is 1. The molecule has 208 valence electrons. The van der Waals surface area contributed by atoms with E-state index in [-0.39, 0.29) is 67.7 Å². The number of aromatic hydroxyl groups is 1. The van der Waals surface area contributed by atoms with Crippen molar-refractivity contribution in [2.45, 2.75) is 43.9 Å². The minimum absolute atomic E-state index is 0.0397. The minimum Gasteiger partial charge on any atom is -0.508 e. The molecular weight excluding hydrogens is 527 g/mol. The van der Waals surface area contributed by atoms with Crippen LogP contribution in [-0.2, 0) is 33.4 Å². The molecular formula is C25H31ClF3N5O4. The Labute approximate surface area is 223 Å². The summed E-state index contributed by atoms with van der Waals surface area (Å²) in [7, 11) is 0. The summed E-state index contributed by atoms with van der Waals surface area (Å²) < 4.78 is 38.8. The highest BCUT2D eigenvalue weighted by atomic mass is 35.5. The van der Waals surface area contributed by atoms with E-state index in [1.54, 1.807) is 0 Å². The van der Waals surface area contributed by atoms with Crippen molar-refractivity contribution in [3.63, 3.8) is 0 Å². The Bertz CT molecular complexity index is 1120. The quantitative estimate of drug-likeness (QED) is 0.234. The van der Waals surface area contributed by atoms with Gasteiger partial charge < -0.3 is 32.5 Å². The number of nitrogens with two attached hydrogens (primary N) is 3. The van der Waals surface area contributed by atoms with Gasteiger partial charge in [-0.15, -0.1) is 0 Å². The minimum atomic E-state index is -4.53. The highest BCUT2D eigenvalue weighted by Crippen LogP contribution is 2.29. The van der Waals surface area contributed by atoms with Gasteiger partial charge in [0.1, 0.15) is 5.75 Å². The SMILES string of the molecule is NCCN(CN)C(=O)CC[C@H](N)C(=O)N[C@H](Cc1ccc(C(F)(F)F)cc1)C(=O)Cc1cc(Cl)ccc1O. The van der Waals surface area contributed by atoms with E-state index < -0.39 is 35.5 Å². The van der Waals surface area contributed by atoms with E-state index in [0.29, 0.717) is 5.56 Å². The first kappa shape index (κ1) is 31.0. The highest BCUT2D eigenvalue weighted by molar-refractivity contribution is 6.30. The lowest BCUT2D eigenvalue weighted by atomic mass is 9.96. The number of rotatable bonds is 13. The van der Waals surface area contributed by atoms with Gasteiger partial charge in [0.15, 0.2) is 5.78 Å². The van der Waals surface area contributed by atoms with Gasteiger partial charge >= 0.3 is 6.18 Å². The molecule has 0 aliphatic heterocycles. The molecule has 2 rings (SSSR count). The van der Waals surface area contributed by atoms with Crippen LogP contribution in [0, 0.1) is 0 Å². The van der Waals surface area contributed by atoms with Gasteiger partial charge in [-0.1, -0.05) is 23.7 Å². The van der Waals surface area contributed by atoms with E-state index in [9.17, 15) is 32.7 Å². The average molecular weight is 558 g/mol. The number of Topliss-reactive ketones (excluding diaryl/α,β-unsaturated/α-hetero) is 1. The van der Waals surface area contributed by atoms with Crippen LogP contribution in [0.15, 0.2) is 42.5 Å². The number of nitrogens with one attached hydrogen (secondary N) is 1. The summed E-state index contributed by atoms with van der Waals surface area (Å²) in [6.07, 6.45) is -5.09. The molecule has 38 heavy (non-hydrogen) atoms. The first-order valence-corrected chi connectivity index (χ1v) is 12.1. The topological polar surface area (TPSA) is 165 Å². The van der Waals surface area contributed by atoms with Crippen molar-refractivity contribution >= 4 is 29.2 Å². The Morgan fingerprint density at radius 2 is 1.74 bits per heavy atom. The third-order valence-electron chi connectivity index (χ3n) is 5.81. The number of alkyl halides is 3. The maximum absolute atomic E-state index is 13.2. The molecule has 0 heterocycles. The van der Waals surface area contributed by atoms with Gasteiger partial charge in [-0.2, -0.15) is 13.2 Å². The second-order valence-electron chi connectivity index (χ2n) is 8.65. The van der Waals surface area contributed by atoms with E-state index in [1.165, 1.54) is 35.2 Å². The van der Waals surface area contributed by atoms with Crippen molar-refractivity contribution in [3.8, 4) is 5.75 Å². The molecule has 8 N–H and O–H groups in total. The molecule has 0 saturated heterocycles. The largest absolute Gasteiger partial charge is 0.508 e. The summed E-state index contributed by atoms with van der Waals surface area (Å²) >= 11 is 5.95. The number of hydrogen-bond donors (Lipinski definition) is 5. The lowest BCUT2D eigenvalue weighted by Gasteiger charge is -2.22. The summed E-state index contributed by atoms with van der Waals surface area (Å²) in [5.41, 5.74) is 16.6. The molecule has 0 fully saturated rings. The van der Waals surface area contributed by atoms with E-state index >= 15 is 0 Å². The molecule has 0 unspecified atom stereocenters. The predicted octanol–water partition coefficient (Wildman–Crippen LogP) is 1.71. The van der Waals surface area contributed by atoms with E-state index in [1.807, 2.05) is 0 Å². The van der Waals surface area contributed by atoms with Crippen LogP contribution in [0.3, 0.4) is 0 Å². The number of benzene rings is 2. The molecule has 0 bridgehead atoms. The van der Waals surface area contributed by atoms with Crippen molar-refractivity contribution in [2.75, 3.05) is 19.8 Å².